The third-order valence-corrected chi connectivity index (χ3v) is 4.42. The normalized spacial score (nSPS) is 21.3. The maximum Gasteiger partial charge on any atom is 0.369 e. The van der Waals surface area contributed by atoms with Crippen molar-refractivity contribution in [1.82, 2.24) is 0 Å². The Kier molecular flexibility index (Phi) is 6.96. The number of hydrogen-bond donors (Lipinski definition) is 2. The monoisotopic (exact) mass is 290 g/mol. The molecule has 0 rings (SSSR count). The average Bonchev–Trinajstić information content (AvgIpc) is 2.10. The molecule has 3 unspecified atom stereocenters. The first-order chi connectivity index (χ1) is 6.66. The number of hydrogen-bond acceptors (Lipinski definition) is 4. The molecule has 0 fully saturated rings. The van der Waals surface area contributed by atoms with Gasteiger partial charge >= 0.3 is 13.0 Å². The minimum absolute atomic E-state index is 0.00403. The van der Waals surface area contributed by atoms with E-state index in [4.69, 9.17) is 25.7 Å². The molecule has 8 heteroatoms. The lowest BCUT2D eigenvalue weighted by molar-refractivity contribution is 0.190. The molecule has 0 amide bonds. The summed E-state index contributed by atoms with van der Waals surface area (Å²) in [5.41, 5.74) is 0. The zero-order valence-corrected chi connectivity index (χ0v) is 12.1. The molecule has 2 N–H and O–H groups in total. The van der Waals surface area contributed by atoms with Crippen molar-refractivity contribution in [1.29, 1.82) is 0 Å². The molecular weight excluding hydrogens is 274 g/mol. The van der Waals surface area contributed by atoms with Gasteiger partial charge in [0.1, 0.15) is 6.66 Å². The maximum atomic E-state index is 9.43. The van der Waals surface area contributed by atoms with E-state index in [1.54, 1.807) is 6.92 Å². The Balaban J connectivity index is 3.81. The van der Waals surface area contributed by atoms with Crippen molar-refractivity contribution in [2.75, 3.05) is 13.2 Å². The lowest BCUT2D eigenvalue weighted by Gasteiger charge is -2.13. The molecule has 0 aromatic rings. The van der Waals surface area contributed by atoms with Crippen LogP contribution in [0, 0.1) is 18.7 Å². The second-order valence-corrected chi connectivity index (χ2v) is 9.87. The summed E-state index contributed by atoms with van der Waals surface area (Å²) in [7, 11) is 0. The van der Waals surface area contributed by atoms with Gasteiger partial charge in [0.05, 0.1) is 20.1 Å². The maximum absolute atomic E-state index is 9.43. The lowest BCUT2D eigenvalue weighted by atomic mass is 10.2. The molecule has 0 aliphatic carbocycles. The summed E-state index contributed by atoms with van der Waals surface area (Å²) < 4.78 is 10.1. The van der Waals surface area contributed by atoms with Crippen molar-refractivity contribution < 1.29 is 18.8 Å². The Morgan fingerprint density at radius 3 is 2.20 bits per heavy atom. The van der Waals surface area contributed by atoms with Crippen molar-refractivity contribution in [3.05, 3.63) is 12.8 Å². The van der Waals surface area contributed by atoms with Crippen LogP contribution in [0.25, 0.3) is 0 Å². The first-order valence-electron chi connectivity index (χ1n) is 4.25. The van der Waals surface area contributed by atoms with Crippen LogP contribution < -0.4 is 0 Å². The van der Waals surface area contributed by atoms with Crippen molar-refractivity contribution >= 4 is 36.6 Å². The second kappa shape index (κ2) is 6.58. The Morgan fingerprint density at radius 2 is 1.80 bits per heavy atom. The van der Waals surface area contributed by atoms with E-state index in [2.05, 4.69) is 18.5 Å². The summed E-state index contributed by atoms with van der Waals surface area (Å²) in [6.07, 6.45) is 1.48. The van der Waals surface area contributed by atoms with Crippen molar-refractivity contribution in [3.8, 4) is 0 Å². The van der Waals surface area contributed by atoms with Crippen LogP contribution in [-0.2, 0) is 32.7 Å². The van der Waals surface area contributed by atoms with E-state index in [9.17, 15) is 4.89 Å². The predicted molar refractivity (Wildman–Crippen MR) is 69.4 cm³/mol. The third kappa shape index (κ3) is 9.79. The largest absolute Gasteiger partial charge is 0.369 e. The van der Waals surface area contributed by atoms with Crippen LogP contribution >= 0.6 is 13.0 Å². The van der Waals surface area contributed by atoms with Crippen molar-refractivity contribution in [2.24, 2.45) is 5.92 Å². The predicted octanol–water partition coefficient (Wildman–Crippen LogP) is 2.23. The summed E-state index contributed by atoms with van der Waals surface area (Å²) >= 11 is 9.40. The highest BCUT2D eigenvalue weighted by Crippen LogP contribution is 2.46. The van der Waals surface area contributed by atoms with E-state index in [0.717, 1.165) is 0 Å². The minimum Gasteiger partial charge on any atom is -0.311 e. The smallest absolute Gasteiger partial charge is 0.311 e. The topological polar surface area (TPSA) is 58.9 Å². The molecule has 0 aliphatic rings. The SMILES string of the molecule is [CH2+]P(O)(=S)OCC(C)COP(O)(=S)[CH+]C. The zero-order valence-electron chi connectivity index (χ0n) is 8.70. The standard InChI is InChI=1S/C7H14O4P2S2/c1-4-13(9,15)11-6-7(2)5-10-12(3,8)14/h4,7H,3,5-6H2,1-2H3/p+2. The summed E-state index contributed by atoms with van der Waals surface area (Å²) in [4.78, 5) is 18.6. The van der Waals surface area contributed by atoms with Gasteiger partial charge in [0.15, 0.2) is 6.16 Å². The zero-order chi connectivity index (χ0) is 12.1. The molecule has 0 saturated carbocycles. The van der Waals surface area contributed by atoms with E-state index >= 15 is 0 Å². The van der Waals surface area contributed by atoms with Gasteiger partial charge in [-0.2, -0.15) is 0 Å². The number of rotatable bonds is 7. The van der Waals surface area contributed by atoms with E-state index in [1.807, 2.05) is 6.92 Å². The minimum atomic E-state index is -2.85. The van der Waals surface area contributed by atoms with Gasteiger partial charge in [-0.3, -0.25) is 9.05 Å². The van der Waals surface area contributed by atoms with Crippen LogP contribution in [0.3, 0.4) is 0 Å². The van der Waals surface area contributed by atoms with Crippen molar-refractivity contribution in [3.63, 3.8) is 0 Å². The van der Waals surface area contributed by atoms with Crippen LogP contribution in [0.1, 0.15) is 13.8 Å². The molecule has 0 bridgehead atoms. The highest BCUT2D eigenvalue weighted by atomic mass is 32.5. The molecule has 4 nitrogen and oxygen atoms in total. The molecule has 0 spiro atoms. The highest BCUT2D eigenvalue weighted by molar-refractivity contribution is 8.10. The summed E-state index contributed by atoms with van der Waals surface area (Å²) in [5.74, 6) is -0.00403. The Hall–Kier alpha value is 0.880. The summed E-state index contributed by atoms with van der Waals surface area (Å²) in [6, 6.07) is 0. The fourth-order valence-corrected chi connectivity index (χ4v) is 2.07. The first-order valence-corrected chi connectivity index (χ1v) is 9.85. The van der Waals surface area contributed by atoms with Crippen molar-refractivity contribution in [2.45, 2.75) is 13.8 Å². The van der Waals surface area contributed by atoms with Gasteiger partial charge in [-0.25, -0.2) is 0 Å². The molecule has 0 saturated heterocycles. The third-order valence-electron chi connectivity index (χ3n) is 1.43. The lowest BCUT2D eigenvalue weighted by Crippen LogP contribution is -2.10. The Labute approximate surface area is 101 Å². The quantitative estimate of drug-likeness (QED) is 0.554. The van der Waals surface area contributed by atoms with Crippen LogP contribution in [-0.4, -0.2) is 23.0 Å². The molecule has 0 aromatic carbocycles. The van der Waals surface area contributed by atoms with E-state index in [0.29, 0.717) is 0 Å². The van der Waals surface area contributed by atoms with Gasteiger partial charge in [0.25, 0.3) is 0 Å². The molecule has 0 heterocycles. The summed E-state index contributed by atoms with van der Waals surface area (Å²) in [6.45, 7) is 1.75. The Morgan fingerprint density at radius 1 is 1.33 bits per heavy atom. The highest BCUT2D eigenvalue weighted by Gasteiger charge is 2.23. The van der Waals surface area contributed by atoms with Gasteiger partial charge in [-0.05, 0) is 0 Å². The molecule has 88 valence electrons. The molecule has 3 atom stereocenters. The Bertz CT molecular complexity index is 278. The van der Waals surface area contributed by atoms with Gasteiger partial charge in [-0.1, -0.05) is 6.92 Å². The molecule has 0 radical (unpaired) electrons. The fraction of sp³-hybridized carbons (Fsp3) is 0.714. The first kappa shape index (κ1) is 15.9. The van der Waals surface area contributed by atoms with Gasteiger partial charge in [-0.15, -0.1) is 0 Å². The molecule has 0 aromatic heterocycles. The fourth-order valence-electron chi connectivity index (χ4n) is 0.600. The van der Waals surface area contributed by atoms with Crippen LogP contribution in [0.15, 0.2) is 0 Å². The van der Waals surface area contributed by atoms with Gasteiger partial charge < -0.3 is 9.79 Å². The second-order valence-electron chi connectivity index (χ2n) is 3.16. The van der Waals surface area contributed by atoms with E-state index in [1.165, 1.54) is 6.16 Å². The van der Waals surface area contributed by atoms with Crippen LogP contribution in [0.4, 0.5) is 0 Å². The van der Waals surface area contributed by atoms with Crippen LogP contribution in [0.5, 0.6) is 0 Å². The summed E-state index contributed by atoms with van der Waals surface area (Å²) in [5, 5.41) is 0. The van der Waals surface area contributed by atoms with E-state index in [-0.39, 0.29) is 19.1 Å². The van der Waals surface area contributed by atoms with E-state index < -0.39 is 13.0 Å². The molecule has 0 aliphatic heterocycles. The molecule has 15 heavy (non-hydrogen) atoms. The van der Waals surface area contributed by atoms with Gasteiger partial charge in [0, 0.05) is 29.5 Å². The molecular formula is C7H16O4P2S2+2. The van der Waals surface area contributed by atoms with Crippen LogP contribution in [0.2, 0.25) is 0 Å². The van der Waals surface area contributed by atoms with Gasteiger partial charge in [0.2, 0.25) is 0 Å². The average molecular weight is 290 g/mol.